The van der Waals surface area contributed by atoms with Crippen molar-refractivity contribution in [2.24, 2.45) is 11.8 Å². The van der Waals surface area contributed by atoms with E-state index in [2.05, 4.69) is 50.5 Å². The van der Waals surface area contributed by atoms with Crippen LogP contribution >= 0.6 is 0 Å². The zero-order valence-electron chi connectivity index (χ0n) is 13.1. The van der Waals surface area contributed by atoms with Crippen molar-refractivity contribution in [3.8, 4) is 0 Å². The minimum Gasteiger partial charge on any atom is -0.379 e. The van der Waals surface area contributed by atoms with Gasteiger partial charge >= 0.3 is 0 Å². The molecule has 0 radical (unpaired) electrons. The summed E-state index contributed by atoms with van der Waals surface area (Å²) in [6.45, 7) is 6.71. The number of hydrogen-bond acceptors (Lipinski definition) is 3. The molecule has 0 heterocycles. The SMILES string of the molecule is COC(C1CC1)C(Cc1ccc(C(C)(C)C)cc1)NN. The minimum atomic E-state index is 0.188. The van der Waals surface area contributed by atoms with Crippen molar-refractivity contribution in [1.29, 1.82) is 0 Å². The van der Waals surface area contributed by atoms with Crippen molar-refractivity contribution in [2.45, 2.75) is 57.6 Å². The van der Waals surface area contributed by atoms with E-state index in [9.17, 15) is 0 Å². The zero-order chi connectivity index (χ0) is 14.8. The Morgan fingerprint density at radius 3 is 2.25 bits per heavy atom. The Kier molecular flexibility index (Phi) is 4.84. The maximum absolute atomic E-state index is 5.73. The molecule has 3 nitrogen and oxygen atoms in total. The second-order valence-corrected chi connectivity index (χ2v) is 6.96. The van der Waals surface area contributed by atoms with Crippen LogP contribution in [-0.2, 0) is 16.6 Å². The van der Waals surface area contributed by atoms with Crippen LogP contribution in [0.25, 0.3) is 0 Å². The third-order valence-corrected chi connectivity index (χ3v) is 4.25. The minimum absolute atomic E-state index is 0.188. The van der Waals surface area contributed by atoms with Crippen LogP contribution in [-0.4, -0.2) is 19.3 Å². The lowest BCUT2D eigenvalue weighted by Crippen LogP contribution is -2.47. The van der Waals surface area contributed by atoms with E-state index in [0.29, 0.717) is 5.92 Å². The van der Waals surface area contributed by atoms with E-state index in [1.807, 2.05) is 0 Å². The van der Waals surface area contributed by atoms with Crippen molar-refractivity contribution >= 4 is 0 Å². The Morgan fingerprint density at radius 2 is 1.85 bits per heavy atom. The van der Waals surface area contributed by atoms with E-state index in [-0.39, 0.29) is 17.6 Å². The van der Waals surface area contributed by atoms with Crippen LogP contribution in [0.5, 0.6) is 0 Å². The van der Waals surface area contributed by atoms with Gasteiger partial charge in [0.05, 0.1) is 12.1 Å². The Balaban J connectivity index is 2.03. The summed E-state index contributed by atoms with van der Waals surface area (Å²) < 4.78 is 5.63. The van der Waals surface area contributed by atoms with Gasteiger partial charge in [0.1, 0.15) is 0 Å². The van der Waals surface area contributed by atoms with Crippen LogP contribution in [0.1, 0.15) is 44.7 Å². The number of benzene rings is 1. The molecule has 2 unspecified atom stereocenters. The van der Waals surface area contributed by atoms with Gasteiger partial charge in [-0.15, -0.1) is 0 Å². The fourth-order valence-electron chi connectivity index (χ4n) is 2.77. The van der Waals surface area contributed by atoms with Gasteiger partial charge in [-0.2, -0.15) is 0 Å². The van der Waals surface area contributed by atoms with E-state index in [4.69, 9.17) is 10.6 Å². The molecule has 3 N–H and O–H groups in total. The summed E-state index contributed by atoms with van der Waals surface area (Å²) >= 11 is 0. The third-order valence-electron chi connectivity index (χ3n) is 4.25. The molecule has 1 fully saturated rings. The Hall–Kier alpha value is -0.900. The quantitative estimate of drug-likeness (QED) is 0.620. The largest absolute Gasteiger partial charge is 0.379 e. The van der Waals surface area contributed by atoms with Gasteiger partial charge in [-0.1, -0.05) is 45.0 Å². The molecule has 0 spiro atoms. The third kappa shape index (κ3) is 3.81. The van der Waals surface area contributed by atoms with Gasteiger partial charge in [0, 0.05) is 7.11 Å². The molecule has 2 atom stereocenters. The molecule has 1 saturated carbocycles. The standard InChI is InChI=1S/C17H28N2O/c1-17(2,3)14-9-5-12(6-10-14)11-15(19-18)16(20-4)13-7-8-13/h5-6,9-10,13,15-16,19H,7-8,11,18H2,1-4H3. The van der Waals surface area contributed by atoms with E-state index < -0.39 is 0 Å². The summed E-state index contributed by atoms with van der Waals surface area (Å²) in [4.78, 5) is 0. The molecular weight excluding hydrogens is 248 g/mol. The molecule has 0 aliphatic heterocycles. The molecular formula is C17H28N2O. The second kappa shape index (κ2) is 6.25. The first-order valence-electron chi connectivity index (χ1n) is 7.54. The van der Waals surface area contributed by atoms with E-state index in [1.54, 1.807) is 7.11 Å². The molecule has 1 aromatic carbocycles. The molecule has 2 rings (SSSR count). The summed E-state index contributed by atoms with van der Waals surface area (Å²) in [7, 11) is 1.79. The highest BCUT2D eigenvalue weighted by Gasteiger charge is 2.36. The van der Waals surface area contributed by atoms with Crippen LogP contribution in [0.4, 0.5) is 0 Å². The van der Waals surface area contributed by atoms with Gasteiger partial charge in [0.25, 0.3) is 0 Å². The first kappa shape index (κ1) is 15.5. The number of nitrogens with two attached hydrogens (primary N) is 1. The molecule has 1 aromatic rings. The molecule has 1 aliphatic rings. The van der Waals surface area contributed by atoms with Crippen LogP contribution in [0.3, 0.4) is 0 Å². The van der Waals surface area contributed by atoms with Crippen molar-refractivity contribution in [1.82, 2.24) is 5.43 Å². The Labute approximate surface area is 122 Å². The molecule has 0 bridgehead atoms. The normalized spacial score (nSPS) is 18.9. The average molecular weight is 276 g/mol. The molecule has 0 amide bonds. The summed E-state index contributed by atoms with van der Waals surface area (Å²) in [5.74, 6) is 6.41. The van der Waals surface area contributed by atoms with Crippen LogP contribution in [0.15, 0.2) is 24.3 Å². The highest BCUT2D eigenvalue weighted by molar-refractivity contribution is 5.28. The van der Waals surface area contributed by atoms with Crippen molar-refractivity contribution in [3.63, 3.8) is 0 Å². The van der Waals surface area contributed by atoms with Crippen molar-refractivity contribution in [2.75, 3.05) is 7.11 Å². The summed E-state index contributed by atoms with van der Waals surface area (Å²) in [5.41, 5.74) is 5.82. The van der Waals surface area contributed by atoms with Crippen LogP contribution in [0.2, 0.25) is 0 Å². The predicted molar refractivity (Wildman–Crippen MR) is 83.5 cm³/mol. The lowest BCUT2D eigenvalue weighted by Gasteiger charge is -2.26. The predicted octanol–water partition coefficient (Wildman–Crippen LogP) is 2.78. The highest BCUT2D eigenvalue weighted by atomic mass is 16.5. The van der Waals surface area contributed by atoms with E-state index in [1.165, 1.54) is 24.0 Å². The first-order chi connectivity index (χ1) is 9.45. The molecule has 0 aromatic heterocycles. The number of nitrogens with one attached hydrogen (secondary N) is 1. The Morgan fingerprint density at radius 1 is 1.25 bits per heavy atom. The second-order valence-electron chi connectivity index (χ2n) is 6.96. The first-order valence-corrected chi connectivity index (χ1v) is 7.54. The van der Waals surface area contributed by atoms with Gasteiger partial charge in [0.15, 0.2) is 0 Å². The van der Waals surface area contributed by atoms with Crippen LogP contribution in [0, 0.1) is 5.92 Å². The smallest absolute Gasteiger partial charge is 0.0769 e. The number of hydrazine groups is 1. The topological polar surface area (TPSA) is 47.3 Å². The fraction of sp³-hybridized carbons (Fsp3) is 0.647. The van der Waals surface area contributed by atoms with Gasteiger partial charge in [0.2, 0.25) is 0 Å². The van der Waals surface area contributed by atoms with Crippen molar-refractivity contribution in [3.05, 3.63) is 35.4 Å². The monoisotopic (exact) mass is 276 g/mol. The molecule has 3 heteroatoms. The zero-order valence-corrected chi connectivity index (χ0v) is 13.1. The van der Waals surface area contributed by atoms with Gasteiger partial charge in [-0.25, -0.2) is 0 Å². The Bertz CT molecular complexity index is 418. The van der Waals surface area contributed by atoms with Gasteiger partial charge in [-0.3, -0.25) is 11.3 Å². The summed E-state index contributed by atoms with van der Waals surface area (Å²) in [6.07, 6.45) is 3.66. The average Bonchev–Trinajstić information content (AvgIpc) is 3.22. The number of hydrogen-bond donors (Lipinski definition) is 2. The van der Waals surface area contributed by atoms with Crippen molar-refractivity contribution < 1.29 is 4.74 Å². The number of rotatable bonds is 6. The van der Waals surface area contributed by atoms with E-state index in [0.717, 1.165) is 6.42 Å². The molecule has 1 aliphatic carbocycles. The number of methoxy groups -OCH3 is 1. The molecule has 20 heavy (non-hydrogen) atoms. The maximum atomic E-state index is 5.73. The number of ether oxygens (including phenoxy) is 1. The van der Waals surface area contributed by atoms with Crippen LogP contribution < -0.4 is 11.3 Å². The van der Waals surface area contributed by atoms with E-state index >= 15 is 0 Å². The molecule has 0 saturated heterocycles. The fourth-order valence-corrected chi connectivity index (χ4v) is 2.77. The van der Waals surface area contributed by atoms with Gasteiger partial charge < -0.3 is 4.74 Å². The highest BCUT2D eigenvalue weighted by Crippen LogP contribution is 2.36. The summed E-state index contributed by atoms with van der Waals surface area (Å²) in [5, 5.41) is 0. The summed E-state index contributed by atoms with van der Waals surface area (Å²) in [6, 6.07) is 9.06. The van der Waals surface area contributed by atoms with Gasteiger partial charge in [-0.05, 0) is 41.7 Å². The maximum Gasteiger partial charge on any atom is 0.0769 e. The lowest BCUT2D eigenvalue weighted by atomic mass is 9.86. The lowest BCUT2D eigenvalue weighted by molar-refractivity contribution is 0.0511. The molecule has 112 valence electrons.